The molecule has 0 unspecified atom stereocenters. The zero-order valence-electron chi connectivity index (χ0n) is 18.5. The summed E-state index contributed by atoms with van der Waals surface area (Å²) in [6.07, 6.45) is 1.74. The van der Waals surface area contributed by atoms with Crippen LogP contribution in [0.2, 0.25) is 0 Å². The number of amides is 1. The maximum atomic E-state index is 13.6. The largest absolute Gasteiger partial charge is 0.379 e. The van der Waals surface area contributed by atoms with Crippen LogP contribution in [0.1, 0.15) is 30.7 Å². The molecule has 1 aromatic rings. The Morgan fingerprint density at radius 2 is 1.73 bits per heavy atom. The molecular weight excluding hydrogens is 432 g/mol. The Morgan fingerprint density at radius 3 is 2.42 bits per heavy atom. The van der Waals surface area contributed by atoms with E-state index in [4.69, 9.17) is 19.1 Å². The van der Waals surface area contributed by atoms with Crippen LogP contribution in [0, 0.1) is 10.1 Å². The van der Waals surface area contributed by atoms with E-state index in [1.165, 1.54) is 12.1 Å². The summed E-state index contributed by atoms with van der Waals surface area (Å²) < 4.78 is 11.4. The predicted octanol–water partition coefficient (Wildman–Crippen LogP) is 1.30. The first-order valence-corrected chi connectivity index (χ1v) is 11.7. The van der Waals surface area contributed by atoms with Crippen LogP contribution < -0.4 is 0 Å². The number of rotatable bonds is 5. The number of hydrogen-bond donors (Lipinski definition) is 0. The molecule has 4 aliphatic heterocycles. The SMILES string of the molecule is O=C([C@@H]1ON2CCO[C@@H](ON3CCOCC3)[C@@H]2[C@H]1c1ccc([N+](=O)[O-])cc1)N1CCCCC1. The van der Waals surface area contributed by atoms with Gasteiger partial charge in [0.25, 0.3) is 11.6 Å². The number of hydrogen-bond acceptors (Lipinski definition) is 9. The molecule has 1 amide bonds. The first kappa shape index (κ1) is 22.6. The Labute approximate surface area is 192 Å². The predicted molar refractivity (Wildman–Crippen MR) is 115 cm³/mol. The summed E-state index contributed by atoms with van der Waals surface area (Å²) in [5, 5.41) is 14.8. The Hall–Kier alpha value is -2.15. The summed E-state index contributed by atoms with van der Waals surface area (Å²) in [7, 11) is 0. The van der Waals surface area contributed by atoms with Gasteiger partial charge in [0.15, 0.2) is 12.4 Å². The number of hydroxylamine groups is 4. The lowest BCUT2D eigenvalue weighted by Crippen LogP contribution is -2.53. The van der Waals surface area contributed by atoms with E-state index in [9.17, 15) is 14.9 Å². The van der Waals surface area contributed by atoms with Crippen LogP contribution >= 0.6 is 0 Å². The normalized spacial score (nSPS) is 31.3. The maximum absolute atomic E-state index is 13.6. The first-order valence-electron chi connectivity index (χ1n) is 11.7. The number of non-ortho nitro benzene ring substituents is 1. The third kappa shape index (κ3) is 4.75. The molecule has 1 aromatic carbocycles. The molecule has 0 aromatic heterocycles. The van der Waals surface area contributed by atoms with E-state index in [-0.39, 0.29) is 23.6 Å². The van der Waals surface area contributed by atoms with Crippen LogP contribution in [-0.4, -0.2) is 96.8 Å². The van der Waals surface area contributed by atoms with E-state index in [2.05, 4.69) is 0 Å². The van der Waals surface area contributed by atoms with Gasteiger partial charge in [0, 0.05) is 50.8 Å². The number of ether oxygens (including phenoxy) is 2. The van der Waals surface area contributed by atoms with Crippen molar-refractivity contribution in [2.45, 2.75) is 43.6 Å². The van der Waals surface area contributed by atoms with Crippen LogP contribution in [-0.2, 0) is 23.9 Å². The summed E-state index contributed by atoms with van der Waals surface area (Å²) >= 11 is 0. The molecule has 4 atom stereocenters. The molecule has 0 N–H and O–H groups in total. The van der Waals surface area contributed by atoms with Gasteiger partial charge in [0.2, 0.25) is 0 Å². The number of carbonyl (C=O) groups is 1. The van der Waals surface area contributed by atoms with Gasteiger partial charge in [-0.25, -0.2) is 0 Å². The van der Waals surface area contributed by atoms with E-state index in [1.807, 2.05) is 15.0 Å². The fourth-order valence-electron chi connectivity index (χ4n) is 5.08. The van der Waals surface area contributed by atoms with Gasteiger partial charge in [0.05, 0.1) is 30.8 Å². The van der Waals surface area contributed by atoms with Crippen molar-refractivity contribution in [1.82, 2.24) is 15.0 Å². The minimum absolute atomic E-state index is 0.00874. The molecule has 11 heteroatoms. The number of nitrogens with zero attached hydrogens (tertiary/aromatic N) is 4. The minimum atomic E-state index is -0.730. The zero-order valence-corrected chi connectivity index (χ0v) is 18.5. The van der Waals surface area contributed by atoms with Crippen LogP contribution in [0.5, 0.6) is 0 Å². The lowest BCUT2D eigenvalue weighted by Gasteiger charge is -2.39. The van der Waals surface area contributed by atoms with Crippen molar-refractivity contribution in [3.05, 3.63) is 39.9 Å². The second-order valence-electron chi connectivity index (χ2n) is 8.80. The Balaban J connectivity index is 1.44. The molecule has 4 heterocycles. The van der Waals surface area contributed by atoms with Gasteiger partial charge < -0.3 is 14.4 Å². The summed E-state index contributed by atoms with van der Waals surface area (Å²) in [6.45, 7) is 4.81. The average molecular weight is 463 g/mol. The zero-order chi connectivity index (χ0) is 22.8. The van der Waals surface area contributed by atoms with Crippen molar-refractivity contribution in [3.8, 4) is 0 Å². The smallest absolute Gasteiger partial charge is 0.269 e. The van der Waals surface area contributed by atoms with Gasteiger partial charge in [-0.3, -0.25) is 24.6 Å². The van der Waals surface area contributed by atoms with E-state index in [0.29, 0.717) is 39.5 Å². The fourth-order valence-corrected chi connectivity index (χ4v) is 5.08. The van der Waals surface area contributed by atoms with Gasteiger partial charge >= 0.3 is 0 Å². The monoisotopic (exact) mass is 462 g/mol. The molecule has 0 saturated carbocycles. The first-order chi connectivity index (χ1) is 16.1. The molecular formula is C22H30N4O7. The lowest BCUT2D eigenvalue weighted by molar-refractivity contribution is -0.384. The van der Waals surface area contributed by atoms with E-state index < -0.39 is 17.3 Å². The molecule has 4 aliphatic rings. The number of carbonyl (C=O) groups excluding carboxylic acids is 1. The van der Waals surface area contributed by atoms with Crippen molar-refractivity contribution in [2.75, 3.05) is 52.5 Å². The van der Waals surface area contributed by atoms with Crippen LogP contribution in [0.25, 0.3) is 0 Å². The van der Waals surface area contributed by atoms with E-state index in [0.717, 1.165) is 37.9 Å². The summed E-state index contributed by atoms with van der Waals surface area (Å²) in [5.74, 6) is -0.427. The molecule has 11 nitrogen and oxygen atoms in total. The highest BCUT2D eigenvalue weighted by Gasteiger charge is 2.54. The molecule has 4 saturated heterocycles. The van der Waals surface area contributed by atoms with Gasteiger partial charge in [0.1, 0.15) is 0 Å². The highest BCUT2D eigenvalue weighted by atomic mass is 16.8. The Kier molecular flexibility index (Phi) is 6.86. The van der Waals surface area contributed by atoms with Crippen molar-refractivity contribution in [1.29, 1.82) is 0 Å². The van der Waals surface area contributed by atoms with Crippen LogP contribution in [0.3, 0.4) is 0 Å². The number of nitro groups is 1. The second-order valence-corrected chi connectivity index (χ2v) is 8.80. The molecule has 33 heavy (non-hydrogen) atoms. The highest BCUT2D eigenvalue weighted by molar-refractivity contribution is 5.82. The quantitative estimate of drug-likeness (QED) is 0.473. The minimum Gasteiger partial charge on any atom is -0.379 e. The Bertz CT molecular complexity index is 842. The number of fused-ring (bicyclic) bond motifs is 1. The van der Waals surface area contributed by atoms with Gasteiger partial charge in [-0.1, -0.05) is 12.1 Å². The average Bonchev–Trinajstić information content (AvgIpc) is 3.25. The van der Waals surface area contributed by atoms with Crippen molar-refractivity contribution >= 4 is 11.6 Å². The van der Waals surface area contributed by atoms with Gasteiger partial charge in [-0.15, -0.1) is 0 Å². The van der Waals surface area contributed by atoms with Crippen molar-refractivity contribution in [2.24, 2.45) is 0 Å². The van der Waals surface area contributed by atoms with E-state index in [1.54, 1.807) is 12.1 Å². The van der Waals surface area contributed by atoms with Gasteiger partial charge in [-0.2, -0.15) is 10.1 Å². The molecule has 0 aliphatic carbocycles. The van der Waals surface area contributed by atoms with E-state index >= 15 is 0 Å². The van der Waals surface area contributed by atoms with Crippen molar-refractivity contribution < 1.29 is 28.9 Å². The topological polar surface area (TPSA) is 107 Å². The number of morpholine rings is 2. The number of likely N-dealkylation sites (tertiary alicyclic amines) is 1. The highest BCUT2D eigenvalue weighted by Crippen LogP contribution is 2.42. The molecule has 180 valence electrons. The standard InChI is InChI=1S/C22H30N4O7/c27-21(23-8-2-1-3-9-23)20-18(16-4-6-17(7-5-16)26(28)29)19-22(31-15-12-25(19)32-20)33-24-10-13-30-14-11-24/h4-7,18-20,22H,1-3,8-15H2/t18-,19+,20-,22+/m1/s1. The Morgan fingerprint density at radius 1 is 1.00 bits per heavy atom. The molecule has 0 spiro atoms. The third-order valence-corrected chi connectivity index (χ3v) is 6.77. The summed E-state index contributed by atoms with van der Waals surface area (Å²) in [4.78, 5) is 38.6. The number of nitro benzene ring substituents is 1. The third-order valence-electron chi connectivity index (χ3n) is 6.77. The fraction of sp³-hybridized carbons (Fsp3) is 0.682. The van der Waals surface area contributed by atoms with Crippen LogP contribution in [0.4, 0.5) is 5.69 Å². The summed E-state index contributed by atoms with van der Waals surface area (Å²) in [6, 6.07) is 6.02. The van der Waals surface area contributed by atoms with Gasteiger partial charge in [-0.05, 0) is 24.8 Å². The molecule has 0 radical (unpaired) electrons. The number of benzene rings is 1. The second kappa shape index (κ2) is 10.00. The number of piperidine rings is 1. The van der Waals surface area contributed by atoms with Crippen molar-refractivity contribution in [3.63, 3.8) is 0 Å². The maximum Gasteiger partial charge on any atom is 0.269 e. The molecule has 0 bridgehead atoms. The molecule has 4 fully saturated rings. The molecule has 5 rings (SSSR count). The van der Waals surface area contributed by atoms with Crippen LogP contribution in [0.15, 0.2) is 24.3 Å². The lowest BCUT2D eigenvalue weighted by atomic mass is 9.85. The summed E-state index contributed by atoms with van der Waals surface area (Å²) in [5.41, 5.74) is 0.805.